The van der Waals surface area contributed by atoms with Crippen molar-refractivity contribution in [1.29, 1.82) is 0 Å². The second-order valence-corrected chi connectivity index (χ2v) is 5.21. The lowest BCUT2D eigenvalue weighted by Gasteiger charge is -2.10. The number of rotatable bonds is 4. The van der Waals surface area contributed by atoms with E-state index in [9.17, 15) is 0 Å². The van der Waals surface area contributed by atoms with Crippen LogP contribution in [0.3, 0.4) is 0 Å². The largest absolute Gasteiger partial charge is 0.493 e. The van der Waals surface area contributed by atoms with Gasteiger partial charge in [0.15, 0.2) is 11.5 Å². The summed E-state index contributed by atoms with van der Waals surface area (Å²) in [4.78, 5) is 8.42. The van der Waals surface area contributed by atoms with Crippen LogP contribution < -0.4 is 9.47 Å². The Bertz CT molecular complexity index is 790. The zero-order valence-corrected chi connectivity index (χ0v) is 13.5. The Morgan fingerprint density at radius 1 is 1.14 bits per heavy atom. The van der Waals surface area contributed by atoms with Crippen LogP contribution in [0.2, 0.25) is 0 Å². The summed E-state index contributed by atoms with van der Waals surface area (Å²) in [6.07, 6.45) is 3.36. The zero-order chi connectivity index (χ0) is 15.5. The van der Waals surface area contributed by atoms with Crippen LogP contribution in [0.5, 0.6) is 11.5 Å². The number of aromatic nitrogens is 3. The van der Waals surface area contributed by atoms with Crippen molar-refractivity contribution >= 4 is 15.9 Å². The molecule has 0 fully saturated rings. The highest BCUT2D eigenvalue weighted by Crippen LogP contribution is 2.39. The molecule has 2 heterocycles. The van der Waals surface area contributed by atoms with E-state index in [0.29, 0.717) is 23.2 Å². The average molecular weight is 362 g/mol. The number of methoxy groups -OCH3 is 2. The maximum Gasteiger partial charge on any atom is 0.259 e. The molecule has 0 unspecified atom stereocenters. The Labute approximate surface area is 135 Å². The van der Waals surface area contributed by atoms with Gasteiger partial charge >= 0.3 is 0 Å². The summed E-state index contributed by atoms with van der Waals surface area (Å²) < 4.78 is 16.6. The first kappa shape index (κ1) is 14.5. The monoisotopic (exact) mass is 361 g/mol. The Kier molecular flexibility index (Phi) is 4.06. The summed E-state index contributed by atoms with van der Waals surface area (Å²) >= 11 is 3.45. The smallest absolute Gasteiger partial charge is 0.259 e. The predicted octanol–water partition coefficient (Wildman–Crippen LogP) is 3.58. The maximum atomic E-state index is 5.32. The molecule has 3 rings (SSSR count). The third-order valence-electron chi connectivity index (χ3n) is 3.03. The molecule has 0 bridgehead atoms. The van der Waals surface area contributed by atoms with E-state index in [1.807, 2.05) is 18.2 Å². The van der Waals surface area contributed by atoms with Gasteiger partial charge in [-0.2, -0.15) is 4.98 Å². The van der Waals surface area contributed by atoms with Crippen molar-refractivity contribution in [3.63, 3.8) is 0 Å². The Hall–Kier alpha value is -2.41. The fourth-order valence-corrected chi connectivity index (χ4v) is 2.60. The highest BCUT2D eigenvalue weighted by molar-refractivity contribution is 9.10. The molecule has 112 valence electrons. The number of halogens is 1. The van der Waals surface area contributed by atoms with E-state index in [0.717, 1.165) is 15.6 Å². The Morgan fingerprint density at radius 3 is 2.68 bits per heavy atom. The molecule has 0 atom stereocenters. The van der Waals surface area contributed by atoms with Crippen molar-refractivity contribution in [3.8, 4) is 34.3 Å². The van der Waals surface area contributed by atoms with Gasteiger partial charge in [0.25, 0.3) is 5.89 Å². The van der Waals surface area contributed by atoms with Crippen LogP contribution in [0.15, 0.2) is 45.7 Å². The van der Waals surface area contributed by atoms with Crippen LogP contribution in [0, 0.1) is 0 Å². The van der Waals surface area contributed by atoms with Gasteiger partial charge in [-0.05, 0) is 40.2 Å². The van der Waals surface area contributed by atoms with E-state index < -0.39 is 0 Å². The number of pyridine rings is 1. The quantitative estimate of drug-likeness (QED) is 0.707. The number of benzene rings is 1. The van der Waals surface area contributed by atoms with Crippen molar-refractivity contribution in [3.05, 3.63) is 41.1 Å². The van der Waals surface area contributed by atoms with Crippen molar-refractivity contribution in [2.24, 2.45) is 0 Å². The average Bonchev–Trinajstić information content (AvgIpc) is 3.05. The van der Waals surface area contributed by atoms with Crippen molar-refractivity contribution in [2.75, 3.05) is 14.2 Å². The summed E-state index contributed by atoms with van der Waals surface area (Å²) in [6.45, 7) is 0. The molecule has 2 aromatic heterocycles. The first-order chi connectivity index (χ1) is 10.7. The standard InChI is InChI=1S/C15H12BrN3O3/c1-20-12-7-10(6-11(16)13(12)21-2)14-18-15(22-19-14)9-4-3-5-17-8-9/h3-8H,1-2H3. The van der Waals surface area contributed by atoms with Gasteiger partial charge in [-0.1, -0.05) is 5.16 Å². The number of nitrogens with zero attached hydrogens (tertiary/aromatic N) is 3. The lowest BCUT2D eigenvalue weighted by atomic mass is 10.2. The van der Waals surface area contributed by atoms with Crippen LogP contribution in [0.1, 0.15) is 0 Å². The third-order valence-corrected chi connectivity index (χ3v) is 3.62. The van der Waals surface area contributed by atoms with E-state index in [1.54, 1.807) is 32.7 Å². The molecule has 3 aromatic rings. The van der Waals surface area contributed by atoms with Crippen LogP contribution >= 0.6 is 15.9 Å². The highest BCUT2D eigenvalue weighted by atomic mass is 79.9. The minimum absolute atomic E-state index is 0.411. The second kappa shape index (κ2) is 6.15. The van der Waals surface area contributed by atoms with Crippen molar-refractivity contribution in [2.45, 2.75) is 0 Å². The minimum atomic E-state index is 0.411. The van der Waals surface area contributed by atoms with E-state index in [-0.39, 0.29) is 0 Å². The van der Waals surface area contributed by atoms with E-state index >= 15 is 0 Å². The van der Waals surface area contributed by atoms with Gasteiger partial charge in [0.1, 0.15) is 0 Å². The summed E-state index contributed by atoms with van der Waals surface area (Å²) in [5.74, 6) is 2.07. The molecular formula is C15H12BrN3O3. The molecule has 0 amide bonds. The molecule has 0 saturated heterocycles. The van der Waals surface area contributed by atoms with Crippen molar-refractivity contribution in [1.82, 2.24) is 15.1 Å². The Morgan fingerprint density at radius 2 is 2.00 bits per heavy atom. The van der Waals surface area contributed by atoms with Gasteiger partial charge in [0.05, 0.1) is 24.3 Å². The molecule has 1 aromatic carbocycles. The first-order valence-electron chi connectivity index (χ1n) is 6.39. The van der Waals surface area contributed by atoms with Gasteiger partial charge in [0, 0.05) is 18.0 Å². The van der Waals surface area contributed by atoms with Crippen LogP contribution in [0.4, 0.5) is 0 Å². The summed E-state index contributed by atoms with van der Waals surface area (Å²) in [6, 6.07) is 7.31. The predicted molar refractivity (Wildman–Crippen MR) is 83.8 cm³/mol. The molecule has 0 aliphatic carbocycles. The molecule has 0 aliphatic rings. The van der Waals surface area contributed by atoms with Gasteiger partial charge in [0.2, 0.25) is 5.82 Å². The summed E-state index contributed by atoms with van der Waals surface area (Å²) in [7, 11) is 3.16. The molecule has 22 heavy (non-hydrogen) atoms. The zero-order valence-electron chi connectivity index (χ0n) is 11.9. The molecule has 0 N–H and O–H groups in total. The number of ether oxygens (including phenoxy) is 2. The summed E-state index contributed by atoms with van der Waals surface area (Å²) in [5, 5.41) is 4.00. The number of hydrogen-bond donors (Lipinski definition) is 0. The first-order valence-corrected chi connectivity index (χ1v) is 7.18. The SMILES string of the molecule is COc1cc(-c2noc(-c3cccnc3)n2)cc(Br)c1OC. The van der Waals surface area contributed by atoms with Crippen LogP contribution in [-0.2, 0) is 0 Å². The molecule has 6 nitrogen and oxygen atoms in total. The molecular weight excluding hydrogens is 350 g/mol. The molecule has 0 radical (unpaired) electrons. The fourth-order valence-electron chi connectivity index (χ4n) is 1.99. The molecule has 0 saturated carbocycles. The topological polar surface area (TPSA) is 70.3 Å². The third kappa shape index (κ3) is 2.67. The van der Waals surface area contributed by atoms with Crippen LogP contribution in [-0.4, -0.2) is 29.3 Å². The highest BCUT2D eigenvalue weighted by Gasteiger charge is 2.16. The lowest BCUT2D eigenvalue weighted by Crippen LogP contribution is -1.93. The normalized spacial score (nSPS) is 10.5. The van der Waals surface area contributed by atoms with E-state index in [2.05, 4.69) is 31.1 Å². The molecule has 0 aliphatic heterocycles. The van der Waals surface area contributed by atoms with Crippen LogP contribution in [0.25, 0.3) is 22.8 Å². The van der Waals surface area contributed by atoms with Gasteiger partial charge < -0.3 is 14.0 Å². The van der Waals surface area contributed by atoms with E-state index in [1.165, 1.54) is 0 Å². The summed E-state index contributed by atoms with van der Waals surface area (Å²) in [5.41, 5.74) is 1.52. The van der Waals surface area contributed by atoms with Gasteiger partial charge in [-0.15, -0.1) is 0 Å². The minimum Gasteiger partial charge on any atom is -0.493 e. The van der Waals surface area contributed by atoms with Crippen molar-refractivity contribution < 1.29 is 14.0 Å². The Balaban J connectivity index is 2.02. The second-order valence-electron chi connectivity index (χ2n) is 4.36. The fraction of sp³-hybridized carbons (Fsp3) is 0.133. The lowest BCUT2D eigenvalue weighted by molar-refractivity contribution is 0.353. The van der Waals surface area contributed by atoms with Gasteiger partial charge in [-0.25, -0.2) is 0 Å². The molecule has 0 spiro atoms. The van der Waals surface area contributed by atoms with E-state index in [4.69, 9.17) is 14.0 Å². The number of hydrogen-bond acceptors (Lipinski definition) is 6. The maximum absolute atomic E-state index is 5.32. The molecule has 7 heteroatoms. The van der Waals surface area contributed by atoms with Gasteiger partial charge in [-0.3, -0.25) is 4.98 Å².